The molecule has 8 heteroatoms. The predicted octanol–water partition coefficient (Wildman–Crippen LogP) is 3.04. The van der Waals surface area contributed by atoms with Crippen molar-refractivity contribution in [2.24, 2.45) is 0 Å². The smallest absolute Gasteiger partial charge is 0.261 e. The van der Waals surface area contributed by atoms with Crippen LogP contribution in [0.5, 0.6) is 0 Å². The van der Waals surface area contributed by atoms with E-state index in [0.717, 1.165) is 30.3 Å². The van der Waals surface area contributed by atoms with Gasteiger partial charge in [-0.15, -0.1) is 0 Å². The Morgan fingerprint density at radius 2 is 1.40 bits per heavy atom. The first kappa shape index (κ1) is 14.3. The summed E-state index contributed by atoms with van der Waals surface area (Å²) in [5.41, 5.74) is -0.742. The van der Waals surface area contributed by atoms with Gasteiger partial charge in [-0.2, -0.15) is 0 Å². The van der Waals surface area contributed by atoms with Gasteiger partial charge in [0.1, 0.15) is 5.82 Å². The van der Waals surface area contributed by atoms with E-state index in [9.17, 15) is 26.0 Å². The van der Waals surface area contributed by atoms with Crippen molar-refractivity contribution in [1.29, 1.82) is 0 Å². The van der Waals surface area contributed by atoms with Crippen LogP contribution in [0.25, 0.3) is 0 Å². The van der Waals surface area contributed by atoms with E-state index in [-0.39, 0.29) is 4.90 Å². The molecular formula is C12H7F4NO2S. The molecule has 0 saturated heterocycles. The molecule has 0 fully saturated rings. The van der Waals surface area contributed by atoms with Gasteiger partial charge in [0.2, 0.25) is 0 Å². The molecule has 2 rings (SSSR count). The number of anilines is 1. The van der Waals surface area contributed by atoms with Crippen LogP contribution in [0.2, 0.25) is 0 Å². The van der Waals surface area contributed by atoms with Crippen molar-refractivity contribution in [1.82, 2.24) is 0 Å². The van der Waals surface area contributed by atoms with Gasteiger partial charge in [-0.05, 0) is 36.4 Å². The molecule has 20 heavy (non-hydrogen) atoms. The average molecular weight is 305 g/mol. The van der Waals surface area contributed by atoms with Crippen LogP contribution in [0, 0.1) is 23.3 Å². The fraction of sp³-hybridized carbons (Fsp3) is 0. The van der Waals surface area contributed by atoms with Crippen LogP contribution < -0.4 is 4.72 Å². The van der Waals surface area contributed by atoms with E-state index in [0.29, 0.717) is 6.07 Å². The summed E-state index contributed by atoms with van der Waals surface area (Å²) in [5, 5.41) is 0. The van der Waals surface area contributed by atoms with Gasteiger partial charge in [-0.3, -0.25) is 4.72 Å². The molecule has 3 nitrogen and oxygen atoms in total. The fourth-order valence-electron chi connectivity index (χ4n) is 1.42. The second-order valence-electron chi connectivity index (χ2n) is 3.78. The Morgan fingerprint density at radius 3 is 2.00 bits per heavy atom. The minimum Gasteiger partial charge on any atom is -0.277 e. The van der Waals surface area contributed by atoms with Crippen LogP contribution in [0.1, 0.15) is 0 Å². The number of halogens is 4. The summed E-state index contributed by atoms with van der Waals surface area (Å²) in [6, 6.07) is 5.03. The Balaban J connectivity index is 2.38. The van der Waals surface area contributed by atoms with Crippen molar-refractivity contribution < 1.29 is 26.0 Å². The van der Waals surface area contributed by atoms with Gasteiger partial charge in [0.05, 0.1) is 10.6 Å². The number of sulfonamides is 1. The van der Waals surface area contributed by atoms with Crippen molar-refractivity contribution in [2.75, 3.05) is 4.72 Å². The van der Waals surface area contributed by atoms with Gasteiger partial charge in [0, 0.05) is 0 Å². The largest absolute Gasteiger partial charge is 0.277 e. The first-order valence-electron chi connectivity index (χ1n) is 5.23. The van der Waals surface area contributed by atoms with Crippen LogP contribution in [-0.4, -0.2) is 8.42 Å². The molecule has 0 aliphatic heterocycles. The zero-order valence-electron chi connectivity index (χ0n) is 9.70. The third-order valence-electron chi connectivity index (χ3n) is 2.40. The highest BCUT2D eigenvalue weighted by Gasteiger charge is 2.19. The molecule has 1 N–H and O–H groups in total. The van der Waals surface area contributed by atoms with Gasteiger partial charge in [-0.25, -0.2) is 26.0 Å². The molecule has 0 unspecified atom stereocenters. The Hall–Kier alpha value is -2.09. The highest BCUT2D eigenvalue weighted by atomic mass is 32.2. The van der Waals surface area contributed by atoms with Crippen molar-refractivity contribution in [2.45, 2.75) is 4.90 Å². The SMILES string of the molecule is O=S(=O)(Nc1ccc(F)c(F)c1F)c1ccc(F)cc1. The number of hydrogen-bond acceptors (Lipinski definition) is 2. The van der Waals surface area contributed by atoms with Crippen LogP contribution in [0.3, 0.4) is 0 Å². The second kappa shape index (κ2) is 5.12. The predicted molar refractivity (Wildman–Crippen MR) is 63.5 cm³/mol. The van der Waals surface area contributed by atoms with Crippen LogP contribution >= 0.6 is 0 Å². The first-order chi connectivity index (χ1) is 9.31. The quantitative estimate of drug-likeness (QED) is 0.700. The van der Waals surface area contributed by atoms with Gasteiger partial charge < -0.3 is 0 Å². The molecule has 0 spiro atoms. The lowest BCUT2D eigenvalue weighted by Gasteiger charge is -2.09. The maximum Gasteiger partial charge on any atom is 0.261 e. The van der Waals surface area contributed by atoms with E-state index in [2.05, 4.69) is 0 Å². The summed E-state index contributed by atoms with van der Waals surface area (Å²) in [7, 11) is -4.23. The lowest BCUT2D eigenvalue weighted by atomic mass is 10.3. The zero-order valence-corrected chi connectivity index (χ0v) is 10.5. The highest BCUT2D eigenvalue weighted by Crippen LogP contribution is 2.22. The summed E-state index contributed by atoms with van der Waals surface area (Å²) < 4.78 is 77.2. The average Bonchev–Trinajstić information content (AvgIpc) is 2.40. The molecule has 0 bridgehead atoms. The Bertz CT molecular complexity index is 745. The van der Waals surface area contributed by atoms with Crippen molar-refractivity contribution in [3.05, 3.63) is 59.7 Å². The first-order valence-corrected chi connectivity index (χ1v) is 6.71. The molecule has 0 radical (unpaired) electrons. The molecular weight excluding hydrogens is 298 g/mol. The van der Waals surface area contributed by atoms with Gasteiger partial charge in [0.15, 0.2) is 17.5 Å². The fourth-order valence-corrected chi connectivity index (χ4v) is 2.48. The van der Waals surface area contributed by atoms with E-state index < -0.39 is 39.0 Å². The highest BCUT2D eigenvalue weighted by molar-refractivity contribution is 7.92. The summed E-state index contributed by atoms with van der Waals surface area (Å²) in [5.74, 6) is -5.53. The van der Waals surface area contributed by atoms with E-state index in [1.165, 1.54) is 0 Å². The summed E-state index contributed by atoms with van der Waals surface area (Å²) in [4.78, 5) is -0.344. The Labute approximate surface area is 111 Å². The number of nitrogens with one attached hydrogen (secondary N) is 1. The van der Waals surface area contributed by atoms with Gasteiger partial charge in [-0.1, -0.05) is 0 Å². The molecule has 0 atom stereocenters. The van der Waals surface area contributed by atoms with E-state index in [4.69, 9.17) is 0 Å². The van der Waals surface area contributed by atoms with Crippen LogP contribution in [0.15, 0.2) is 41.3 Å². The minimum absolute atomic E-state index is 0.344. The van der Waals surface area contributed by atoms with E-state index in [1.54, 1.807) is 4.72 Å². The third kappa shape index (κ3) is 2.74. The molecule has 0 aliphatic rings. The number of hydrogen-bond donors (Lipinski definition) is 1. The molecule has 106 valence electrons. The van der Waals surface area contributed by atoms with Crippen molar-refractivity contribution in [3.8, 4) is 0 Å². The molecule has 2 aromatic carbocycles. The minimum atomic E-state index is -4.23. The monoisotopic (exact) mass is 305 g/mol. The third-order valence-corrected chi connectivity index (χ3v) is 3.78. The Kier molecular flexibility index (Phi) is 3.67. The van der Waals surface area contributed by atoms with Crippen molar-refractivity contribution in [3.63, 3.8) is 0 Å². The standard InChI is InChI=1S/C12H7F4NO2S/c13-7-1-3-8(4-2-7)20(18,19)17-10-6-5-9(14)11(15)12(10)16/h1-6,17H. The second-order valence-corrected chi connectivity index (χ2v) is 5.46. The summed E-state index contributed by atoms with van der Waals surface area (Å²) in [6.45, 7) is 0. The Morgan fingerprint density at radius 1 is 0.800 bits per heavy atom. The summed E-state index contributed by atoms with van der Waals surface area (Å²) in [6.07, 6.45) is 0. The summed E-state index contributed by atoms with van der Waals surface area (Å²) >= 11 is 0. The van der Waals surface area contributed by atoms with Crippen molar-refractivity contribution >= 4 is 15.7 Å². The molecule has 0 saturated carbocycles. The van der Waals surface area contributed by atoms with Gasteiger partial charge in [0.25, 0.3) is 10.0 Å². The number of benzene rings is 2. The topological polar surface area (TPSA) is 46.2 Å². The maximum absolute atomic E-state index is 13.4. The molecule has 0 amide bonds. The molecule has 0 heterocycles. The number of rotatable bonds is 3. The van der Waals surface area contributed by atoms with Crippen LogP contribution in [-0.2, 0) is 10.0 Å². The van der Waals surface area contributed by atoms with Gasteiger partial charge >= 0.3 is 0 Å². The normalized spacial score (nSPS) is 11.4. The molecule has 0 aliphatic carbocycles. The van der Waals surface area contributed by atoms with Crippen LogP contribution in [0.4, 0.5) is 23.2 Å². The molecule has 2 aromatic rings. The molecule has 0 aromatic heterocycles. The zero-order chi connectivity index (χ0) is 14.9. The lowest BCUT2D eigenvalue weighted by molar-refractivity contribution is 0.449. The van der Waals surface area contributed by atoms with E-state index >= 15 is 0 Å². The maximum atomic E-state index is 13.4. The van der Waals surface area contributed by atoms with E-state index in [1.807, 2.05) is 0 Å². The lowest BCUT2D eigenvalue weighted by Crippen LogP contribution is -2.14.